The average molecular weight is 170 g/mol. The van der Waals surface area contributed by atoms with Crippen molar-refractivity contribution in [3.05, 3.63) is 0 Å². The van der Waals surface area contributed by atoms with E-state index in [1.54, 1.807) is 0 Å². The first-order valence-corrected chi connectivity index (χ1v) is 4.47. The van der Waals surface area contributed by atoms with Gasteiger partial charge in [-0.05, 0) is 33.1 Å². The molecule has 0 aromatic carbocycles. The summed E-state index contributed by atoms with van der Waals surface area (Å²) < 4.78 is 0. The standard InChI is InChI=1S/C9H18N2O/c1-6-5-7(6)8(12)10-11-9(2,3)4/h6-7,11H,5H2,1-4H3,(H,10,12). The summed E-state index contributed by atoms with van der Waals surface area (Å²) in [5, 5.41) is 0. The van der Waals surface area contributed by atoms with Gasteiger partial charge in [-0.25, -0.2) is 5.43 Å². The monoisotopic (exact) mass is 170 g/mol. The van der Waals surface area contributed by atoms with Crippen LogP contribution in [0.5, 0.6) is 0 Å². The van der Waals surface area contributed by atoms with Crippen molar-refractivity contribution in [3.63, 3.8) is 0 Å². The van der Waals surface area contributed by atoms with Crippen LogP contribution in [0.4, 0.5) is 0 Å². The largest absolute Gasteiger partial charge is 0.291 e. The Bertz CT molecular complexity index is 183. The number of carbonyl (C=O) groups excluding carboxylic acids is 1. The minimum Gasteiger partial charge on any atom is -0.291 e. The van der Waals surface area contributed by atoms with E-state index in [1.165, 1.54) is 0 Å². The summed E-state index contributed by atoms with van der Waals surface area (Å²) >= 11 is 0. The van der Waals surface area contributed by atoms with Crippen molar-refractivity contribution in [3.8, 4) is 0 Å². The van der Waals surface area contributed by atoms with E-state index in [4.69, 9.17) is 0 Å². The zero-order chi connectivity index (χ0) is 9.35. The number of carbonyl (C=O) groups is 1. The van der Waals surface area contributed by atoms with Crippen LogP contribution in [0.2, 0.25) is 0 Å². The lowest BCUT2D eigenvalue weighted by Crippen LogP contribution is -2.49. The molecule has 1 saturated carbocycles. The van der Waals surface area contributed by atoms with Crippen LogP contribution in [0, 0.1) is 11.8 Å². The van der Waals surface area contributed by atoms with Crippen LogP contribution in [0.1, 0.15) is 34.1 Å². The van der Waals surface area contributed by atoms with Crippen molar-refractivity contribution in [2.75, 3.05) is 0 Å². The maximum Gasteiger partial charge on any atom is 0.237 e. The van der Waals surface area contributed by atoms with Gasteiger partial charge in [0.1, 0.15) is 0 Å². The lowest BCUT2D eigenvalue weighted by Gasteiger charge is -2.20. The maximum atomic E-state index is 11.3. The fourth-order valence-electron chi connectivity index (χ4n) is 1.03. The van der Waals surface area contributed by atoms with E-state index < -0.39 is 0 Å². The van der Waals surface area contributed by atoms with Gasteiger partial charge < -0.3 is 0 Å². The SMILES string of the molecule is CC1CC1C(=O)NNC(C)(C)C. The first kappa shape index (κ1) is 9.52. The first-order chi connectivity index (χ1) is 5.40. The van der Waals surface area contributed by atoms with Gasteiger partial charge in [0.25, 0.3) is 0 Å². The zero-order valence-corrected chi connectivity index (χ0v) is 8.27. The van der Waals surface area contributed by atoms with E-state index in [0.717, 1.165) is 6.42 Å². The van der Waals surface area contributed by atoms with Crippen molar-refractivity contribution < 1.29 is 4.79 Å². The highest BCUT2D eigenvalue weighted by Gasteiger charge is 2.39. The van der Waals surface area contributed by atoms with Gasteiger partial charge in [0, 0.05) is 11.5 Å². The molecule has 0 spiro atoms. The Morgan fingerprint density at radius 2 is 1.92 bits per heavy atom. The van der Waals surface area contributed by atoms with Crippen LogP contribution in [0.15, 0.2) is 0 Å². The molecule has 2 N–H and O–H groups in total. The van der Waals surface area contributed by atoms with Crippen LogP contribution >= 0.6 is 0 Å². The van der Waals surface area contributed by atoms with Gasteiger partial charge in [-0.1, -0.05) is 6.92 Å². The molecule has 3 nitrogen and oxygen atoms in total. The molecule has 1 rings (SSSR count). The summed E-state index contributed by atoms with van der Waals surface area (Å²) in [6, 6.07) is 0. The Labute approximate surface area is 73.9 Å². The van der Waals surface area contributed by atoms with Gasteiger partial charge in [-0.2, -0.15) is 0 Å². The molecule has 0 aliphatic heterocycles. The lowest BCUT2D eigenvalue weighted by molar-refractivity contribution is -0.124. The minimum absolute atomic E-state index is 0.0478. The molecule has 2 unspecified atom stereocenters. The Morgan fingerprint density at radius 1 is 1.42 bits per heavy atom. The Kier molecular flexibility index (Phi) is 2.42. The maximum absolute atomic E-state index is 11.3. The number of hydrogen-bond donors (Lipinski definition) is 2. The van der Waals surface area contributed by atoms with Crippen LogP contribution in [0.3, 0.4) is 0 Å². The third-order valence-corrected chi connectivity index (χ3v) is 2.01. The third kappa shape index (κ3) is 2.81. The summed E-state index contributed by atoms with van der Waals surface area (Å²) in [6.07, 6.45) is 1.04. The number of hydrogen-bond acceptors (Lipinski definition) is 2. The number of rotatable bonds is 2. The highest BCUT2D eigenvalue weighted by molar-refractivity contribution is 5.80. The molecule has 2 atom stereocenters. The molecule has 1 fully saturated rings. The molecule has 1 aliphatic carbocycles. The van der Waals surface area contributed by atoms with Gasteiger partial charge in [0.15, 0.2) is 0 Å². The topological polar surface area (TPSA) is 41.1 Å². The minimum atomic E-state index is -0.0478. The molecule has 1 amide bonds. The summed E-state index contributed by atoms with van der Waals surface area (Å²) in [4.78, 5) is 11.3. The average Bonchev–Trinajstić information content (AvgIpc) is 2.60. The van der Waals surface area contributed by atoms with Gasteiger partial charge in [0.05, 0.1) is 0 Å². The highest BCUT2D eigenvalue weighted by Crippen LogP contribution is 2.37. The predicted octanol–water partition coefficient (Wildman–Crippen LogP) is 1.06. The number of nitrogens with one attached hydrogen (secondary N) is 2. The molecule has 0 bridgehead atoms. The number of hydrazine groups is 1. The van der Waals surface area contributed by atoms with Crippen LogP contribution in [-0.2, 0) is 4.79 Å². The molecule has 0 aromatic rings. The normalized spacial score (nSPS) is 28.3. The molecule has 0 saturated heterocycles. The second-order valence-electron chi connectivity index (χ2n) is 4.68. The Hall–Kier alpha value is -0.570. The van der Waals surface area contributed by atoms with Gasteiger partial charge in [-0.15, -0.1) is 0 Å². The van der Waals surface area contributed by atoms with Gasteiger partial charge >= 0.3 is 0 Å². The second-order valence-corrected chi connectivity index (χ2v) is 4.68. The van der Waals surface area contributed by atoms with Crippen LogP contribution < -0.4 is 10.9 Å². The van der Waals surface area contributed by atoms with Gasteiger partial charge in [-0.3, -0.25) is 10.2 Å². The van der Waals surface area contributed by atoms with Crippen molar-refractivity contribution >= 4 is 5.91 Å². The summed E-state index contributed by atoms with van der Waals surface area (Å²) in [7, 11) is 0. The molecule has 70 valence electrons. The smallest absolute Gasteiger partial charge is 0.237 e. The van der Waals surface area contributed by atoms with E-state index in [9.17, 15) is 4.79 Å². The Morgan fingerprint density at radius 3 is 2.25 bits per heavy atom. The zero-order valence-electron chi connectivity index (χ0n) is 8.27. The van der Waals surface area contributed by atoms with Crippen molar-refractivity contribution in [1.82, 2.24) is 10.9 Å². The van der Waals surface area contributed by atoms with E-state index in [-0.39, 0.29) is 17.4 Å². The van der Waals surface area contributed by atoms with Gasteiger partial charge in [0.2, 0.25) is 5.91 Å². The van der Waals surface area contributed by atoms with Crippen LogP contribution in [0.25, 0.3) is 0 Å². The van der Waals surface area contributed by atoms with E-state index >= 15 is 0 Å². The molecule has 0 radical (unpaired) electrons. The second kappa shape index (κ2) is 3.05. The lowest BCUT2D eigenvalue weighted by atomic mass is 10.1. The summed E-state index contributed by atoms with van der Waals surface area (Å²) in [5.74, 6) is 0.962. The molecular formula is C9H18N2O. The summed E-state index contributed by atoms with van der Waals surface area (Å²) in [6.45, 7) is 8.15. The molecular weight excluding hydrogens is 152 g/mol. The fourth-order valence-corrected chi connectivity index (χ4v) is 1.03. The third-order valence-electron chi connectivity index (χ3n) is 2.01. The summed E-state index contributed by atoms with van der Waals surface area (Å²) in [5.41, 5.74) is 5.64. The predicted molar refractivity (Wildman–Crippen MR) is 48.3 cm³/mol. The van der Waals surface area contributed by atoms with Crippen molar-refractivity contribution in [1.29, 1.82) is 0 Å². The first-order valence-electron chi connectivity index (χ1n) is 4.47. The van der Waals surface area contributed by atoms with Crippen molar-refractivity contribution in [2.45, 2.75) is 39.7 Å². The highest BCUT2D eigenvalue weighted by atomic mass is 16.2. The van der Waals surface area contributed by atoms with E-state index in [2.05, 4.69) is 17.8 Å². The van der Waals surface area contributed by atoms with E-state index in [1.807, 2.05) is 20.8 Å². The molecule has 0 aromatic heterocycles. The van der Waals surface area contributed by atoms with Crippen molar-refractivity contribution in [2.24, 2.45) is 11.8 Å². The number of amides is 1. The molecule has 0 heterocycles. The fraction of sp³-hybridized carbons (Fsp3) is 0.889. The quantitative estimate of drug-likeness (QED) is 0.608. The Balaban J connectivity index is 2.20. The van der Waals surface area contributed by atoms with E-state index in [0.29, 0.717) is 5.92 Å². The van der Waals surface area contributed by atoms with Crippen LogP contribution in [-0.4, -0.2) is 11.4 Å². The molecule has 1 aliphatic rings. The molecule has 3 heteroatoms. The molecule has 12 heavy (non-hydrogen) atoms.